The monoisotopic (exact) mass is 108 g/mol. The van der Waals surface area contributed by atoms with Gasteiger partial charge in [0.25, 0.3) is 0 Å². The van der Waals surface area contributed by atoms with Crippen LogP contribution in [0.25, 0.3) is 0 Å². The maximum absolute atomic E-state index is 3.75. The molecule has 0 nitrogen and oxygen atoms in total. The van der Waals surface area contributed by atoms with Gasteiger partial charge in [0.15, 0.2) is 0 Å². The molecule has 0 saturated heterocycles. The summed E-state index contributed by atoms with van der Waals surface area (Å²) in [6.45, 7) is 5.99. The molecule has 0 aromatic heterocycles. The first-order valence-corrected chi connectivity index (χ1v) is 3.14. The molecule has 1 aliphatic carbocycles. The van der Waals surface area contributed by atoms with E-state index in [1.807, 2.05) is 6.08 Å². The molecular formula is C8H12. The minimum absolute atomic E-state index is 0.718. The molecule has 0 heteroatoms. The fourth-order valence-electron chi connectivity index (χ4n) is 1.12. The minimum atomic E-state index is 0.718. The molecule has 2 unspecified atom stereocenters. The third-order valence-corrected chi connectivity index (χ3v) is 1.83. The summed E-state index contributed by atoms with van der Waals surface area (Å²) in [7, 11) is 0. The van der Waals surface area contributed by atoms with Gasteiger partial charge in [-0.3, -0.25) is 0 Å². The second-order valence-corrected chi connectivity index (χ2v) is 2.42. The number of rotatable bonds is 1. The van der Waals surface area contributed by atoms with Gasteiger partial charge in [0.05, 0.1) is 0 Å². The van der Waals surface area contributed by atoms with E-state index in [-0.39, 0.29) is 0 Å². The molecule has 8 heavy (non-hydrogen) atoms. The maximum atomic E-state index is 3.75. The average Bonchev–Trinajstić information content (AvgIpc) is 2.14. The number of hydrogen-bond acceptors (Lipinski definition) is 0. The normalized spacial score (nSPS) is 35.6. The molecule has 0 bridgehead atoms. The molecule has 0 aliphatic heterocycles. The Morgan fingerprint density at radius 1 is 1.75 bits per heavy atom. The fraction of sp³-hybridized carbons (Fsp3) is 0.500. The predicted octanol–water partition coefficient (Wildman–Crippen LogP) is 2.38. The summed E-state index contributed by atoms with van der Waals surface area (Å²) in [5.41, 5.74) is 0. The van der Waals surface area contributed by atoms with Crippen molar-refractivity contribution < 1.29 is 0 Å². The van der Waals surface area contributed by atoms with Gasteiger partial charge in [0, 0.05) is 0 Å². The van der Waals surface area contributed by atoms with Crippen molar-refractivity contribution in [3.05, 3.63) is 24.8 Å². The van der Waals surface area contributed by atoms with Crippen LogP contribution < -0.4 is 0 Å². The summed E-state index contributed by atoms with van der Waals surface area (Å²) in [6.07, 6.45) is 7.73. The van der Waals surface area contributed by atoms with Crippen LogP contribution >= 0.6 is 0 Å². The lowest BCUT2D eigenvalue weighted by Crippen LogP contribution is -1.98. The van der Waals surface area contributed by atoms with Gasteiger partial charge in [-0.25, -0.2) is 0 Å². The first-order valence-electron chi connectivity index (χ1n) is 3.14. The molecule has 2 atom stereocenters. The van der Waals surface area contributed by atoms with E-state index < -0.39 is 0 Å². The van der Waals surface area contributed by atoms with E-state index in [4.69, 9.17) is 0 Å². The third-order valence-electron chi connectivity index (χ3n) is 1.83. The van der Waals surface area contributed by atoms with Crippen molar-refractivity contribution in [1.29, 1.82) is 0 Å². The Morgan fingerprint density at radius 2 is 2.50 bits per heavy atom. The molecule has 0 heterocycles. The van der Waals surface area contributed by atoms with E-state index in [1.54, 1.807) is 0 Å². The van der Waals surface area contributed by atoms with Crippen molar-refractivity contribution in [3.63, 3.8) is 0 Å². The van der Waals surface area contributed by atoms with Gasteiger partial charge in [0.1, 0.15) is 0 Å². The van der Waals surface area contributed by atoms with Gasteiger partial charge in [-0.1, -0.05) is 25.2 Å². The largest absolute Gasteiger partial charge is 0.103 e. The molecule has 0 fully saturated rings. The van der Waals surface area contributed by atoms with E-state index in [2.05, 4.69) is 25.7 Å². The van der Waals surface area contributed by atoms with Crippen LogP contribution in [0.1, 0.15) is 13.3 Å². The van der Waals surface area contributed by atoms with Crippen molar-refractivity contribution in [2.24, 2.45) is 11.8 Å². The van der Waals surface area contributed by atoms with Gasteiger partial charge in [-0.05, 0) is 18.3 Å². The predicted molar refractivity (Wildman–Crippen MR) is 36.6 cm³/mol. The Balaban J connectivity index is 2.50. The molecule has 0 radical (unpaired) electrons. The zero-order valence-corrected chi connectivity index (χ0v) is 5.30. The van der Waals surface area contributed by atoms with Crippen molar-refractivity contribution in [2.75, 3.05) is 0 Å². The zero-order chi connectivity index (χ0) is 5.98. The van der Waals surface area contributed by atoms with Gasteiger partial charge >= 0.3 is 0 Å². The Labute approximate surface area is 50.9 Å². The van der Waals surface area contributed by atoms with Crippen LogP contribution in [0.2, 0.25) is 0 Å². The molecule has 44 valence electrons. The molecule has 0 saturated carbocycles. The summed E-state index contributed by atoms with van der Waals surface area (Å²) >= 11 is 0. The zero-order valence-electron chi connectivity index (χ0n) is 5.30. The molecule has 0 N–H and O–H groups in total. The Bertz CT molecular complexity index is 111. The van der Waals surface area contributed by atoms with Gasteiger partial charge in [0.2, 0.25) is 0 Å². The highest BCUT2D eigenvalue weighted by Gasteiger charge is 2.13. The molecule has 0 aromatic carbocycles. The molecule has 0 aromatic rings. The van der Waals surface area contributed by atoms with Crippen molar-refractivity contribution in [1.82, 2.24) is 0 Å². The van der Waals surface area contributed by atoms with Gasteiger partial charge < -0.3 is 0 Å². The fourth-order valence-corrected chi connectivity index (χ4v) is 1.12. The number of hydrogen-bond donors (Lipinski definition) is 0. The quantitative estimate of drug-likeness (QED) is 0.452. The Hall–Kier alpha value is -0.520. The van der Waals surface area contributed by atoms with Gasteiger partial charge in [-0.15, -0.1) is 6.58 Å². The smallest absolute Gasteiger partial charge is 0.0141 e. The second kappa shape index (κ2) is 2.17. The summed E-state index contributed by atoms with van der Waals surface area (Å²) in [5.74, 6) is 1.45. The summed E-state index contributed by atoms with van der Waals surface area (Å²) in [6, 6.07) is 0. The maximum Gasteiger partial charge on any atom is -0.0141 e. The lowest BCUT2D eigenvalue weighted by molar-refractivity contribution is 0.555. The van der Waals surface area contributed by atoms with E-state index in [9.17, 15) is 0 Å². The molecule has 1 rings (SSSR count). The highest BCUT2D eigenvalue weighted by molar-refractivity contribution is 5.04. The van der Waals surface area contributed by atoms with Crippen LogP contribution in [0.4, 0.5) is 0 Å². The van der Waals surface area contributed by atoms with E-state index in [1.165, 1.54) is 6.42 Å². The molecular weight excluding hydrogens is 96.1 g/mol. The third kappa shape index (κ3) is 0.835. The van der Waals surface area contributed by atoms with Crippen LogP contribution in [0, 0.1) is 11.8 Å². The van der Waals surface area contributed by atoms with Gasteiger partial charge in [-0.2, -0.15) is 0 Å². The van der Waals surface area contributed by atoms with E-state index in [0.717, 1.165) is 11.8 Å². The van der Waals surface area contributed by atoms with Crippen LogP contribution in [-0.2, 0) is 0 Å². The van der Waals surface area contributed by atoms with Crippen molar-refractivity contribution >= 4 is 0 Å². The molecule has 0 amide bonds. The first-order chi connectivity index (χ1) is 3.84. The lowest BCUT2D eigenvalue weighted by Gasteiger charge is -2.06. The van der Waals surface area contributed by atoms with E-state index >= 15 is 0 Å². The van der Waals surface area contributed by atoms with Crippen molar-refractivity contribution in [3.8, 4) is 0 Å². The van der Waals surface area contributed by atoms with Crippen molar-refractivity contribution in [2.45, 2.75) is 13.3 Å². The average molecular weight is 108 g/mol. The summed E-state index contributed by atoms with van der Waals surface area (Å²) in [4.78, 5) is 0. The lowest BCUT2D eigenvalue weighted by atomic mass is 9.98. The summed E-state index contributed by atoms with van der Waals surface area (Å²) in [5, 5.41) is 0. The van der Waals surface area contributed by atoms with Crippen LogP contribution in [-0.4, -0.2) is 0 Å². The molecule has 0 spiro atoms. The minimum Gasteiger partial charge on any atom is -0.103 e. The van der Waals surface area contributed by atoms with Crippen LogP contribution in [0.5, 0.6) is 0 Å². The van der Waals surface area contributed by atoms with E-state index in [0.29, 0.717) is 0 Å². The Kier molecular flexibility index (Phi) is 1.52. The Morgan fingerprint density at radius 3 is 2.75 bits per heavy atom. The standard InChI is InChI=1S/C8H12/c1-3-8-6-4-5-7(8)2/h3-5,7-8H,1,6H2,2H3. The summed E-state index contributed by atoms with van der Waals surface area (Å²) < 4.78 is 0. The highest BCUT2D eigenvalue weighted by Crippen LogP contribution is 2.24. The SMILES string of the molecule is C=CC1CC=CC1C. The van der Waals surface area contributed by atoms with Crippen LogP contribution in [0.15, 0.2) is 24.8 Å². The second-order valence-electron chi connectivity index (χ2n) is 2.42. The topological polar surface area (TPSA) is 0 Å². The highest BCUT2D eigenvalue weighted by atomic mass is 14.2. The first kappa shape index (κ1) is 5.61. The number of allylic oxidation sites excluding steroid dienone is 3. The van der Waals surface area contributed by atoms with Crippen LogP contribution in [0.3, 0.4) is 0 Å². The molecule has 1 aliphatic rings.